The molecule has 0 atom stereocenters. The molecule has 0 unspecified atom stereocenters. The summed E-state index contributed by atoms with van der Waals surface area (Å²) in [5, 5.41) is 13.4. The van der Waals surface area contributed by atoms with Crippen LogP contribution in [0.2, 0.25) is 0 Å². The number of ether oxygens (including phenoxy) is 1. The van der Waals surface area contributed by atoms with Gasteiger partial charge in [-0.2, -0.15) is 13.9 Å². The van der Waals surface area contributed by atoms with Crippen molar-refractivity contribution in [3.05, 3.63) is 36.0 Å². The van der Waals surface area contributed by atoms with Gasteiger partial charge in [-0.1, -0.05) is 12.1 Å². The molecular formula is C14H14F2N2O3. The normalized spacial score (nSPS) is 11.1. The molecule has 0 bridgehead atoms. The van der Waals surface area contributed by atoms with Crippen molar-refractivity contribution < 1.29 is 23.4 Å². The zero-order chi connectivity index (χ0) is 15.6. The highest BCUT2D eigenvalue weighted by Gasteiger charge is 2.18. The van der Waals surface area contributed by atoms with Gasteiger partial charge in [0.2, 0.25) is 0 Å². The van der Waals surface area contributed by atoms with Gasteiger partial charge in [-0.05, 0) is 26.0 Å². The van der Waals surface area contributed by atoms with E-state index >= 15 is 0 Å². The lowest BCUT2D eigenvalue weighted by Crippen LogP contribution is -2.02. The van der Waals surface area contributed by atoms with E-state index in [-0.39, 0.29) is 23.0 Å². The first-order valence-corrected chi connectivity index (χ1v) is 6.26. The lowest BCUT2D eigenvalue weighted by atomic mass is 10.1. The minimum Gasteiger partial charge on any atom is -0.478 e. The third-order valence-electron chi connectivity index (χ3n) is 2.82. The van der Waals surface area contributed by atoms with Crippen LogP contribution in [-0.4, -0.2) is 27.5 Å². The Hall–Kier alpha value is -2.44. The van der Waals surface area contributed by atoms with Gasteiger partial charge in [0.25, 0.3) is 0 Å². The quantitative estimate of drug-likeness (QED) is 0.918. The van der Waals surface area contributed by atoms with E-state index in [1.807, 2.05) is 13.8 Å². The zero-order valence-corrected chi connectivity index (χ0v) is 11.5. The van der Waals surface area contributed by atoms with Gasteiger partial charge >= 0.3 is 12.6 Å². The van der Waals surface area contributed by atoms with E-state index in [4.69, 9.17) is 0 Å². The summed E-state index contributed by atoms with van der Waals surface area (Å²) in [6, 6.07) is 5.80. The second kappa shape index (κ2) is 5.90. The van der Waals surface area contributed by atoms with Crippen LogP contribution in [0.25, 0.3) is 11.3 Å². The second-order valence-electron chi connectivity index (χ2n) is 4.68. The van der Waals surface area contributed by atoms with Crippen LogP contribution in [0.3, 0.4) is 0 Å². The molecule has 1 heterocycles. The molecule has 21 heavy (non-hydrogen) atoms. The van der Waals surface area contributed by atoms with Crippen LogP contribution in [0, 0.1) is 0 Å². The predicted octanol–water partition coefficient (Wildman–Crippen LogP) is 3.43. The van der Waals surface area contributed by atoms with Gasteiger partial charge in [0.1, 0.15) is 17.0 Å². The molecule has 2 aromatic rings. The Morgan fingerprint density at radius 2 is 2.10 bits per heavy atom. The fraction of sp³-hybridized carbons (Fsp3) is 0.286. The van der Waals surface area contributed by atoms with Crippen LogP contribution in [0.4, 0.5) is 8.78 Å². The number of alkyl halides is 2. The number of carboxylic acids is 1. The van der Waals surface area contributed by atoms with Gasteiger partial charge < -0.3 is 9.84 Å². The number of aromatic nitrogens is 2. The molecule has 2 rings (SSSR count). The number of benzene rings is 1. The maximum Gasteiger partial charge on any atom is 0.387 e. The van der Waals surface area contributed by atoms with Gasteiger partial charge in [-0.15, -0.1) is 0 Å². The van der Waals surface area contributed by atoms with Crippen LogP contribution in [0.1, 0.15) is 30.2 Å². The number of halogens is 2. The van der Waals surface area contributed by atoms with Crippen LogP contribution in [-0.2, 0) is 0 Å². The molecule has 0 saturated carbocycles. The van der Waals surface area contributed by atoms with E-state index in [1.165, 1.54) is 29.1 Å². The van der Waals surface area contributed by atoms with E-state index in [9.17, 15) is 18.7 Å². The summed E-state index contributed by atoms with van der Waals surface area (Å²) < 4.78 is 30.3. The van der Waals surface area contributed by atoms with Crippen molar-refractivity contribution in [2.24, 2.45) is 0 Å². The topological polar surface area (TPSA) is 64.4 Å². The summed E-state index contributed by atoms with van der Waals surface area (Å²) in [6.07, 6.45) is 1.42. The molecule has 0 saturated heterocycles. The van der Waals surface area contributed by atoms with Gasteiger partial charge in [0, 0.05) is 17.8 Å². The summed E-state index contributed by atoms with van der Waals surface area (Å²) in [7, 11) is 0. The van der Waals surface area contributed by atoms with Crippen molar-refractivity contribution in [2.75, 3.05) is 0 Å². The molecule has 7 heteroatoms. The molecule has 0 aliphatic carbocycles. The first-order chi connectivity index (χ1) is 9.88. The van der Waals surface area contributed by atoms with Crippen LogP contribution in [0.5, 0.6) is 5.75 Å². The zero-order valence-electron chi connectivity index (χ0n) is 11.5. The maximum absolute atomic E-state index is 12.2. The molecule has 1 N–H and O–H groups in total. The average molecular weight is 296 g/mol. The molecule has 1 aromatic carbocycles. The van der Waals surface area contributed by atoms with Gasteiger partial charge in [0.15, 0.2) is 0 Å². The highest BCUT2D eigenvalue weighted by Crippen LogP contribution is 2.27. The SMILES string of the molecule is CC(C)n1cc(C(=O)O)c(-c2cccc(OC(F)F)c2)n1. The molecule has 0 aliphatic rings. The van der Waals surface area contributed by atoms with Crippen molar-refractivity contribution >= 4 is 5.97 Å². The second-order valence-corrected chi connectivity index (χ2v) is 4.68. The summed E-state index contributed by atoms with van der Waals surface area (Å²) in [5.74, 6) is -1.17. The minimum absolute atomic E-state index is 0.0119. The maximum atomic E-state index is 12.2. The highest BCUT2D eigenvalue weighted by molar-refractivity contribution is 5.94. The molecule has 5 nitrogen and oxygen atoms in total. The predicted molar refractivity (Wildman–Crippen MR) is 71.6 cm³/mol. The third kappa shape index (κ3) is 3.36. The largest absolute Gasteiger partial charge is 0.478 e. The summed E-state index contributed by atoms with van der Waals surface area (Å²) in [4.78, 5) is 11.3. The Bertz CT molecular complexity index is 653. The van der Waals surface area contributed by atoms with Crippen molar-refractivity contribution in [3.63, 3.8) is 0 Å². The molecule has 0 radical (unpaired) electrons. The number of hydrogen-bond acceptors (Lipinski definition) is 3. The van der Waals surface area contributed by atoms with Gasteiger partial charge in [0.05, 0.1) is 0 Å². The smallest absolute Gasteiger partial charge is 0.387 e. The molecule has 0 aliphatic heterocycles. The number of carbonyl (C=O) groups is 1. The van der Waals surface area contributed by atoms with E-state index in [2.05, 4.69) is 9.84 Å². The first-order valence-electron chi connectivity index (χ1n) is 6.26. The highest BCUT2D eigenvalue weighted by atomic mass is 19.3. The summed E-state index contributed by atoms with van der Waals surface area (Å²) in [5.41, 5.74) is 0.638. The third-order valence-corrected chi connectivity index (χ3v) is 2.82. The van der Waals surface area contributed by atoms with Gasteiger partial charge in [-0.25, -0.2) is 4.79 Å². The van der Waals surface area contributed by atoms with E-state index in [0.717, 1.165) is 0 Å². The Balaban J connectivity index is 2.47. The first kappa shape index (κ1) is 15.0. The molecule has 1 aromatic heterocycles. The monoisotopic (exact) mass is 296 g/mol. The Kier molecular flexibility index (Phi) is 4.21. The molecular weight excluding hydrogens is 282 g/mol. The number of carboxylic acid groups (broad SMARTS) is 1. The standard InChI is InChI=1S/C14H14F2N2O3/c1-8(2)18-7-11(13(19)20)12(17-18)9-4-3-5-10(6-9)21-14(15)16/h3-8,14H,1-2H3,(H,19,20). The minimum atomic E-state index is -2.94. The fourth-order valence-electron chi connectivity index (χ4n) is 1.85. The average Bonchev–Trinajstić information content (AvgIpc) is 2.83. The van der Waals surface area contributed by atoms with E-state index in [0.29, 0.717) is 5.56 Å². The van der Waals surface area contributed by atoms with Crippen LogP contribution in [0.15, 0.2) is 30.5 Å². The molecule has 0 fully saturated rings. The van der Waals surface area contributed by atoms with Gasteiger partial charge in [-0.3, -0.25) is 4.68 Å². The fourth-order valence-corrected chi connectivity index (χ4v) is 1.85. The van der Waals surface area contributed by atoms with Crippen molar-refractivity contribution in [1.82, 2.24) is 9.78 Å². The van der Waals surface area contributed by atoms with Crippen molar-refractivity contribution in [2.45, 2.75) is 26.5 Å². The Morgan fingerprint density at radius 1 is 1.38 bits per heavy atom. The van der Waals surface area contributed by atoms with Crippen molar-refractivity contribution in [1.29, 1.82) is 0 Å². The van der Waals surface area contributed by atoms with Crippen LogP contribution >= 0.6 is 0 Å². The lowest BCUT2D eigenvalue weighted by molar-refractivity contribution is -0.0498. The Morgan fingerprint density at radius 3 is 2.67 bits per heavy atom. The molecule has 0 spiro atoms. The van der Waals surface area contributed by atoms with Crippen LogP contribution < -0.4 is 4.74 Å². The number of hydrogen-bond donors (Lipinski definition) is 1. The Labute approximate surface area is 119 Å². The molecule has 112 valence electrons. The molecule has 0 amide bonds. The summed E-state index contributed by atoms with van der Waals surface area (Å²) in [6.45, 7) is 0.782. The summed E-state index contributed by atoms with van der Waals surface area (Å²) >= 11 is 0. The number of nitrogens with zero attached hydrogens (tertiary/aromatic N) is 2. The number of aromatic carboxylic acids is 1. The van der Waals surface area contributed by atoms with Crippen molar-refractivity contribution in [3.8, 4) is 17.0 Å². The number of rotatable bonds is 5. The lowest BCUT2D eigenvalue weighted by Gasteiger charge is -2.06. The van der Waals surface area contributed by atoms with E-state index in [1.54, 1.807) is 6.07 Å². The van der Waals surface area contributed by atoms with E-state index < -0.39 is 12.6 Å².